The second-order valence-corrected chi connectivity index (χ2v) is 5.90. The lowest BCUT2D eigenvalue weighted by Crippen LogP contribution is -2.48. The van der Waals surface area contributed by atoms with Gasteiger partial charge in [0.1, 0.15) is 5.82 Å². The highest BCUT2D eigenvalue weighted by Gasteiger charge is 2.25. The number of aromatic nitrogens is 1. The van der Waals surface area contributed by atoms with E-state index in [2.05, 4.69) is 22.2 Å². The molecule has 1 aromatic heterocycles. The number of hydrogen-bond donors (Lipinski definition) is 2. The maximum absolute atomic E-state index is 12.3. The van der Waals surface area contributed by atoms with Crippen LogP contribution in [0.1, 0.15) is 44.6 Å². The third-order valence-electron chi connectivity index (χ3n) is 4.52. The zero-order chi connectivity index (χ0) is 15.2. The van der Waals surface area contributed by atoms with Crippen molar-refractivity contribution >= 4 is 11.7 Å². The van der Waals surface area contributed by atoms with Crippen molar-refractivity contribution in [3.8, 4) is 0 Å². The molecule has 2 rings (SSSR count). The Labute approximate surface area is 126 Å². The monoisotopic (exact) mass is 290 g/mol. The Morgan fingerprint density at radius 1 is 1.48 bits per heavy atom. The maximum Gasteiger partial charge on any atom is 0.237 e. The Bertz CT molecular complexity index is 471. The van der Waals surface area contributed by atoms with Gasteiger partial charge in [0.2, 0.25) is 5.91 Å². The quantitative estimate of drug-likeness (QED) is 0.869. The van der Waals surface area contributed by atoms with E-state index in [0.29, 0.717) is 18.4 Å². The predicted molar refractivity (Wildman–Crippen MR) is 84.6 cm³/mol. The molecule has 5 nitrogen and oxygen atoms in total. The number of nitrogens with two attached hydrogens (primary N) is 1. The molecular weight excluding hydrogens is 264 g/mol. The highest BCUT2D eigenvalue weighted by atomic mass is 16.2. The molecule has 0 bridgehead atoms. The average Bonchev–Trinajstić information content (AvgIpc) is 2.53. The highest BCUT2D eigenvalue weighted by Crippen LogP contribution is 2.23. The first kappa shape index (κ1) is 15.8. The third kappa shape index (κ3) is 4.17. The summed E-state index contributed by atoms with van der Waals surface area (Å²) in [4.78, 5) is 18.5. The minimum absolute atomic E-state index is 0.0475. The van der Waals surface area contributed by atoms with Crippen LogP contribution in [0.15, 0.2) is 18.3 Å². The summed E-state index contributed by atoms with van der Waals surface area (Å²) >= 11 is 0. The van der Waals surface area contributed by atoms with Crippen LogP contribution in [-0.2, 0) is 11.3 Å². The van der Waals surface area contributed by atoms with Gasteiger partial charge in [-0.3, -0.25) is 9.69 Å². The number of carbonyl (C=O) groups is 1. The molecule has 1 aliphatic carbocycles. The van der Waals surface area contributed by atoms with Crippen LogP contribution in [0.4, 0.5) is 5.82 Å². The van der Waals surface area contributed by atoms with Crippen molar-refractivity contribution in [1.29, 1.82) is 0 Å². The van der Waals surface area contributed by atoms with E-state index in [1.54, 1.807) is 6.20 Å². The van der Waals surface area contributed by atoms with Gasteiger partial charge in [-0.25, -0.2) is 4.98 Å². The molecule has 1 amide bonds. The number of nitrogens with one attached hydrogen (secondary N) is 1. The molecule has 1 aromatic rings. The first-order valence-corrected chi connectivity index (χ1v) is 7.78. The number of pyridine rings is 1. The second-order valence-electron chi connectivity index (χ2n) is 5.90. The summed E-state index contributed by atoms with van der Waals surface area (Å²) in [5.41, 5.74) is 6.65. The number of carbonyl (C=O) groups excluding carboxylic acids is 1. The Kier molecular flexibility index (Phi) is 5.56. The summed E-state index contributed by atoms with van der Waals surface area (Å²) in [6, 6.07) is 4.13. The van der Waals surface area contributed by atoms with Crippen molar-refractivity contribution in [3.05, 3.63) is 23.9 Å². The first-order valence-electron chi connectivity index (χ1n) is 7.78. The van der Waals surface area contributed by atoms with Crippen LogP contribution in [0, 0.1) is 0 Å². The lowest BCUT2D eigenvalue weighted by Gasteiger charge is -2.34. The van der Waals surface area contributed by atoms with Crippen LogP contribution in [0.5, 0.6) is 0 Å². The van der Waals surface area contributed by atoms with E-state index in [4.69, 9.17) is 5.73 Å². The van der Waals surface area contributed by atoms with Crippen molar-refractivity contribution in [3.63, 3.8) is 0 Å². The Balaban J connectivity index is 1.86. The third-order valence-corrected chi connectivity index (χ3v) is 4.52. The van der Waals surface area contributed by atoms with Gasteiger partial charge in [-0.05, 0) is 32.9 Å². The minimum atomic E-state index is -0.119. The van der Waals surface area contributed by atoms with E-state index in [1.807, 2.05) is 19.1 Å². The Morgan fingerprint density at radius 2 is 2.19 bits per heavy atom. The van der Waals surface area contributed by atoms with E-state index >= 15 is 0 Å². The molecule has 1 atom stereocenters. The van der Waals surface area contributed by atoms with Gasteiger partial charge >= 0.3 is 0 Å². The second kappa shape index (κ2) is 7.41. The van der Waals surface area contributed by atoms with Gasteiger partial charge in [-0.1, -0.05) is 25.3 Å². The van der Waals surface area contributed by atoms with Crippen molar-refractivity contribution in [2.24, 2.45) is 0 Å². The number of nitrogens with zero attached hydrogens (tertiary/aromatic N) is 2. The van der Waals surface area contributed by atoms with Crippen LogP contribution in [-0.4, -0.2) is 34.9 Å². The normalized spacial score (nSPS) is 17.7. The molecule has 0 saturated heterocycles. The van der Waals surface area contributed by atoms with Gasteiger partial charge in [-0.2, -0.15) is 0 Å². The topological polar surface area (TPSA) is 71.2 Å². The number of nitrogen functional groups attached to an aromatic ring is 1. The molecule has 1 unspecified atom stereocenters. The molecule has 0 aliphatic heterocycles. The van der Waals surface area contributed by atoms with Crippen molar-refractivity contribution in [2.45, 2.75) is 57.7 Å². The SMILES string of the molecule is CC(C(=O)NCc1cccnc1N)N(C)C1CCCCC1. The standard InChI is InChI=1S/C16H26N4O/c1-12(20(2)14-8-4-3-5-9-14)16(21)19-11-13-7-6-10-18-15(13)17/h6-7,10,12,14H,3-5,8-9,11H2,1-2H3,(H2,17,18)(H,19,21). The number of amides is 1. The summed E-state index contributed by atoms with van der Waals surface area (Å²) in [7, 11) is 2.05. The van der Waals surface area contributed by atoms with E-state index in [-0.39, 0.29) is 11.9 Å². The Morgan fingerprint density at radius 3 is 2.86 bits per heavy atom. The van der Waals surface area contributed by atoms with Gasteiger partial charge in [0.15, 0.2) is 0 Å². The highest BCUT2D eigenvalue weighted by molar-refractivity contribution is 5.81. The summed E-state index contributed by atoms with van der Waals surface area (Å²) in [5, 5.41) is 2.96. The van der Waals surface area contributed by atoms with E-state index in [9.17, 15) is 4.79 Å². The van der Waals surface area contributed by atoms with Crippen molar-refractivity contribution in [1.82, 2.24) is 15.2 Å². The van der Waals surface area contributed by atoms with Gasteiger partial charge in [-0.15, -0.1) is 0 Å². The van der Waals surface area contributed by atoms with Crippen molar-refractivity contribution in [2.75, 3.05) is 12.8 Å². The zero-order valence-corrected chi connectivity index (χ0v) is 13.0. The van der Waals surface area contributed by atoms with Crippen LogP contribution < -0.4 is 11.1 Å². The molecule has 21 heavy (non-hydrogen) atoms. The summed E-state index contributed by atoms with van der Waals surface area (Å²) < 4.78 is 0. The smallest absolute Gasteiger partial charge is 0.237 e. The minimum Gasteiger partial charge on any atom is -0.383 e. The molecule has 0 spiro atoms. The molecular formula is C16H26N4O. The summed E-state index contributed by atoms with van der Waals surface area (Å²) in [6.45, 7) is 2.40. The number of likely N-dealkylation sites (N-methyl/N-ethyl adjacent to an activating group) is 1. The maximum atomic E-state index is 12.3. The van der Waals surface area contributed by atoms with E-state index < -0.39 is 0 Å². The van der Waals surface area contributed by atoms with Gasteiger partial charge < -0.3 is 11.1 Å². The zero-order valence-electron chi connectivity index (χ0n) is 13.0. The number of rotatable bonds is 5. The molecule has 5 heteroatoms. The van der Waals surface area contributed by atoms with Gasteiger partial charge in [0, 0.05) is 24.3 Å². The largest absolute Gasteiger partial charge is 0.383 e. The first-order chi connectivity index (χ1) is 10.1. The Hall–Kier alpha value is -1.62. The molecule has 0 aromatic carbocycles. The molecule has 3 N–H and O–H groups in total. The summed E-state index contributed by atoms with van der Waals surface area (Å²) in [6.07, 6.45) is 7.92. The van der Waals surface area contributed by atoms with Crippen LogP contribution in [0.3, 0.4) is 0 Å². The summed E-state index contributed by atoms with van der Waals surface area (Å²) in [5.74, 6) is 0.525. The predicted octanol–water partition coefficient (Wildman–Crippen LogP) is 1.93. The van der Waals surface area contributed by atoms with Gasteiger partial charge in [0.25, 0.3) is 0 Å². The fourth-order valence-electron chi connectivity index (χ4n) is 2.92. The molecule has 0 radical (unpaired) electrons. The molecule has 1 fully saturated rings. The van der Waals surface area contributed by atoms with Gasteiger partial charge in [0.05, 0.1) is 6.04 Å². The lowest BCUT2D eigenvalue weighted by atomic mass is 9.93. The number of hydrogen-bond acceptors (Lipinski definition) is 4. The fourth-order valence-corrected chi connectivity index (χ4v) is 2.92. The lowest BCUT2D eigenvalue weighted by molar-refractivity contribution is -0.126. The molecule has 1 saturated carbocycles. The van der Waals surface area contributed by atoms with Crippen molar-refractivity contribution < 1.29 is 4.79 Å². The van der Waals surface area contributed by atoms with Crippen LogP contribution in [0.2, 0.25) is 0 Å². The van der Waals surface area contributed by atoms with Crippen LogP contribution >= 0.6 is 0 Å². The van der Waals surface area contributed by atoms with E-state index in [0.717, 1.165) is 5.56 Å². The molecule has 116 valence electrons. The molecule has 1 aliphatic rings. The average molecular weight is 290 g/mol. The number of anilines is 1. The van der Waals surface area contributed by atoms with E-state index in [1.165, 1.54) is 32.1 Å². The fraction of sp³-hybridized carbons (Fsp3) is 0.625. The van der Waals surface area contributed by atoms with Crippen LogP contribution in [0.25, 0.3) is 0 Å². The molecule has 1 heterocycles.